The summed E-state index contributed by atoms with van der Waals surface area (Å²) in [6, 6.07) is 19.2. The predicted octanol–water partition coefficient (Wildman–Crippen LogP) is 3.74. The van der Waals surface area contributed by atoms with Gasteiger partial charge in [0.1, 0.15) is 17.1 Å². The van der Waals surface area contributed by atoms with Crippen molar-refractivity contribution >= 4 is 17.0 Å². The van der Waals surface area contributed by atoms with Crippen molar-refractivity contribution in [1.29, 1.82) is 0 Å². The lowest BCUT2D eigenvalue weighted by atomic mass is 9.88. The molecule has 4 aromatic rings. The summed E-state index contributed by atoms with van der Waals surface area (Å²) in [6.07, 6.45) is 3.10. The molecule has 0 saturated heterocycles. The van der Waals surface area contributed by atoms with Gasteiger partial charge in [-0.05, 0) is 66.3 Å². The Kier molecular flexibility index (Phi) is 5.26. The van der Waals surface area contributed by atoms with Crippen LogP contribution in [0.3, 0.4) is 0 Å². The monoisotopic (exact) mass is 414 g/mol. The molecular weight excluding hydrogens is 388 g/mol. The van der Waals surface area contributed by atoms with Gasteiger partial charge >= 0.3 is 0 Å². The fourth-order valence-corrected chi connectivity index (χ4v) is 4.67. The number of fused-ring (bicyclic) bond motifs is 2. The molecule has 5 rings (SSSR count). The number of pyridine rings is 1. The summed E-state index contributed by atoms with van der Waals surface area (Å²) in [4.78, 5) is 4.33. The number of hydrogen-bond donors (Lipinski definition) is 3. The number of methoxy groups -OCH3 is 1. The van der Waals surface area contributed by atoms with Gasteiger partial charge in [0.2, 0.25) is 0 Å². The summed E-state index contributed by atoms with van der Waals surface area (Å²) in [7, 11) is 1.72. The second-order valence-corrected chi connectivity index (χ2v) is 8.01. The molecule has 7 nitrogen and oxygen atoms in total. The van der Waals surface area contributed by atoms with E-state index in [1.54, 1.807) is 7.11 Å². The van der Waals surface area contributed by atoms with E-state index in [1.807, 2.05) is 18.2 Å². The van der Waals surface area contributed by atoms with Gasteiger partial charge < -0.3 is 15.8 Å². The number of nitrogens with two attached hydrogens (primary N) is 1. The van der Waals surface area contributed by atoms with E-state index in [2.05, 4.69) is 62.1 Å². The first-order chi connectivity index (χ1) is 15.2. The minimum absolute atomic E-state index is 0.142. The van der Waals surface area contributed by atoms with E-state index in [4.69, 9.17) is 10.5 Å². The van der Waals surface area contributed by atoms with Crippen molar-refractivity contribution in [2.24, 2.45) is 0 Å². The van der Waals surface area contributed by atoms with Gasteiger partial charge in [-0.3, -0.25) is 0 Å². The van der Waals surface area contributed by atoms with Gasteiger partial charge in [0, 0.05) is 12.0 Å². The molecule has 0 amide bonds. The number of H-pyrrole nitrogens is 1. The van der Waals surface area contributed by atoms with Crippen molar-refractivity contribution < 1.29 is 4.74 Å². The molecule has 1 unspecified atom stereocenters. The van der Waals surface area contributed by atoms with Crippen LogP contribution in [0.2, 0.25) is 0 Å². The Labute approximate surface area is 181 Å². The van der Waals surface area contributed by atoms with Gasteiger partial charge in [0.25, 0.3) is 0 Å². The zero-order valence-electron chi connectivity index (χ0n) is 17.5. The maximum atomic E-state index is 6.09. The van der Waals surface area contributed by atoms with Crippen LogP contribution in [-0.2, 0) is 6.42 Å². The molecule has 7 heteroatoms. The smallest absolute Gasteiger partial charge is 0.178 e. The lowest BCUT2D eigenvalue weighted by Crippen LogP contribution is -2.22. The average Bonchev–Trinajstić information content (AvgIpc) is 3.43. The first kappa shape index (κ1) is 19.5. The molecule has 158 valence electrons. The second-order valence-electron chi connectivity index (χ2n) is 8.01. The van der Waals surface area contributed by atoms with E-state index in [1.165, 1.54) is 16.7 Å². The number of rotatable bonds is 7. The number of nitrogens with zero attached hydrogens (tertiary/aromatic N) is 3. The van der Waals surface area contributed by atoms with Crippen LogP contribution in [-0.4, -0.2) is 34.0 Å². The van der Waals surface area contributed by atoms with E-state index in [-0.39, 0.29) is 5.92 Å². The van der Waals surface area contributed by atoms with Crippen LogP contribution in [0.15, 0.2) is 54.6 Å². The van der Waals surface area contributed by atoms with E-state index in [9.17, 15) is 0 Å². The number of aromatic amines is 1. The number of nitrogen functional groups attached to an aromatic ring is 1. The first-order valence-electron chi connectivity index (χ1n) is 10.6. The van der Waals surface area contributed by atoms with Crippen molar-refractivity contribution in [3.05, 3.63) is 76.9 Å². The molecule has 2 heterocycles. The Morgan fingerprint density at radius 2 is 2.06 bits per heavy atom. The highest BCUT2D eigenvalue weighted by Crippen LogP contribution is 2.35. The van der Waals surface area contributed by atoms with Crippen LogP contribution in [0.1, 0.15) is 47.1 Å². The number of ether oxygens (including phenoxy) is 1. The molecule has 31 heavy (non-hydrogen) atoms. The zero-order chi connectivity index (χ0) is 21.2. The van der Waals surface area contributed by atoms with Crippen molar-refractivity contribution in [3.8, 4) is 5.75 Å². The fourth-order valence-electron chi connectivity index (χ4n) is 4.67. The minimum Gasteiger partial charge on any atom is -0.497 e. The maximum Gasteiger partial charge on any atom is 0.178 e. The summed E-state index contributed by atoms with van der Waals surface area (Å²) in [6.45, 7) is 0.872. The van der Waals surface area contributed by atoms with Gasteiger partial charge in [0.05, 0.1) is 7.11 Å². The SMILES string of the molecule is COc1ccc2c(c1)CC[C@H]2NCCC(c1ccccc1)c1cc(N)nc2[nH]nnc12. The Bertz CT molecular complexity index is 1190. The van der Waals surface area contributed by atoms with Crippen LogP contribution in [0, 0.1) is 0 Å². The molecule has 4 N–H and O–H groups in total. The van der Waals surface area contributed by atoms with Crippen molar-refractivity contribution in [2.45, 2.75) is 31.2 Å². The van der Waals surface area contributed by atoms with Crippen molar-refractivity contribution in [3.63, 3.8) is 0 Å². The summed E-state index contributed by atoms with van der Waals surface area (Å²) in [5.74, 6) is 1.54. The van der Waals surface area contributed by atoms with Crippen LogP contribution < -0.4 is 15.8 Å². The van der Waals surface area contributed by atoms with E-state index < -0.39 is 0 Å². The maximum absolute atomic E-state index is 6.09. The second kappa shape index (κ2) is 8.35. The highest BCUT2D eigenvalue weighted by atomic mass is 16.5. The molecular formula is C24H26N6O. The summed E-state index contributed by atoms with van der Waals surface area (Å²) in [5.41, 5.74) is 12.5. The summed E-state index contributed by atoms with van der Waals surface area (Å²) in [5, 5.41) is 14.8. The molecule has 2 aromatic heterocycles. The minimum atomic E-state index is 0.142. The lowest BCUT2D eigenvalue weighted by Gasteiger charge is -2.21. The number of aromatic nitrogens is 4. The number of benzene rings is 2. The zero-order valence-corrected chi connectivity index (χ0v) is 17.5. The molecule has 0 spiro atoms. The number of aryl methyl sites for hydroxylation is 1. The molecule has 0 bridgehead atoms. The van der Waals surface area contributed by atoms with Crippen LogP contribution in [0.4, 0.5) is 5.82 Å². The van der Waals surface area contributed by atoms with Gasteiger partial charge in [-0.25, -0.2) is 10.1 Å². The van der Waals surface area contributed by atoms with E-state index in [0.717, 1.165) is 42.6 Å². The van der Waals surface area contributed by atoms with E-state index in [0.29, 0.717) is 17.5 Å². The third-order valence-corrected chi connectivity index (χ3v) is 6.18. The molecule has 0 aliphatic heterocycles. The molecule has 0 radical (unpaired) electrons. The Morgan fingerprint density at radius 3 is 2.90 bits per heavy atom. The lowest BCUT2D eigenvalue weighted by molar-refractivity contribution is 0.414. The molecule has 0 fully saturated rings. The molecule has 2 atom stereocenters. The van der Waals surface area contributed by atoms with Gasteiger partial charge in [-0.15, -0.1) is 5.10 Å². The largest absolute Gasteiger partial charge is 0.497 e. The van der Waals surface area contributed by atoms with Crippen LogP contribution >= 0.6 is 0 Å². The van der Waals surface area contributed by atoms with Gasteiger partial charge in [-0.2, -0.15) is 0 Å². The standard InChI is InChI=1S/C24H26N6O/c1-31-17-8-9-19-16(13-17)7-10-21(19)26-12-11-18(15-5-3-2-4-6-15)20-14-22(25)27-24-23(20)28-30-29-24/h2-6,8-9,13-14,18,21,26H,7,10-12H2,1H3,(H3,25,27,28,29,30)/t18?,21-/m1/s1. The quantitative estimate of drug-likeness (QED) is 0.426. The molecule has 1 aliphatic rings. The molecule has 1 aliphatic carbocycles. The third kappa shape index (κ3) is 3.84. The predicted molar refractivity (Wildman–Crippen MR) is 121 cm³/mol. The summed E-state index contributed by atoms with van der Waals surface area (Å²) < 4.78 is 5.37. The highest BCUT2D eigenvalue weighted by molar-refractivity contribution is 5.77. The third-order valence-electron chi connectivity index (χ3n) is 6.18. The Hall–Kier alpha value is -3.45. The Balaban J connectivity index is 1.38. The van der Waals surface area contributed by atoms with E-state index >= 15 is 0 Å². The summed E-state index contributed by atoms with van der Waals surface area (Å²) >= 11 is 0. The fraction of sp³-hybridized carbons (Fsp3) is 0.292. The number of hydrogen-bond acceptors (Lipinski definition) is 6. The molecule has 0 saturated carbocycles. The average molecular weight is 415 g/mol. The number of anilines is 1. The van der Waals surface area contributed by atoms with Crippen LogP contribution in [0.25, 0.3) is 11.2 Å². The normalized spacial score (nSPS) is 16.4. The molecule has 2 aromatic carbocycles. The topological polar surface area (TPSA) is 102 Å². The van der Waals surface area contributed by atoms with Crippen LogP contribution in [0.5, 0.6) is 5.75 Å². The van der Waals surface area contributed by atoms with Crippen molar-refractivity contribution in [1.82, 2.24) is 25.7 Å². The number of nitrogens with one attached hydrogen (secondary N) is 2. The van der Waals surface area contributed by atoms with Crippen molar-refractivity contribution in [2.75, 3.05) is 19.4 Å². The first-order valence-corrected chi connectivity index (χ1v) is 10.6. The highest BCUT2D eigenvalue weighted by Gasteiger charge is 2.24. The van der Waals surface area contributed by atoms with Gasteiger partial charge in [-0.1, -0.05) is 41.6 Å². The Morgan fingerprint density at radius 1 is 1.19 bits per heavy atom. The van der Waals surface area contributed by atoms with Gasteiger partial charge in [0.15, 0.2) is 5.65 Å².